The lowest BCUT2D eigenvalue weighted by Gasteiger charge is -2.14. The molecule has 0 radical (unpaired) electrons. The van der Waals surface area contributed by atoms with Crippen LogP contribution >= 0.6 is 0 Å². The van der Waals surface area contributed by atoms with E-state index in [0.717, 1.165) is 5.56 Å². The fourth-order valence-electron chi connectivity index (χ4n) is 1.38. The lowest BCUT2D eigenvalue weighted by atomic mass is 10.0. The maximum absolute atomic E-state index is 10.6. The van der Waals surface area contributed by atoms with Crippen molar-refractivity contribution < 1.29 is 19.7 Å². The number of ether oxygens (including phenoxy) is 1. The topological polar surface area (TPSA) is 66.8 Å². The molecule has 0 heterocycles. The summed E-state index contributed by atoms with van der Waals surface area (Å²) in [6, 6.07) is 9.70. The summed E-state index contributed by atoms with van der Waals surface area (Å²) in [6.45, 7) is 2.33. The van der Waals surface area contributed by atoms with Crippen LogP contribution in [-0.2, 0) is 16.1 Å². The standard InChI is InChI=1S/C13H18O4/c1-10(13(15)16)12(14)7-8-17-9-11-5-3-2-4-6-11/h2-6,10,12,14H,7-9H2,1H3,(H,15,16)/t10-,12-/m1/s1. The highest BCUT2D eigenvalue weighted by molar-refractivity contribution is 5.70. The molecule has 0 aliphatic rings. The van der Waals surface area contributed by atoms with Crippen molar-refractivity contribution >= 4 is 5.97 Å². The number of rotatable bonds is 7. The maximum Gasteiger partial charge on any atom is 0.308 e. The van der Waals surface area contributed by atoms with E-state index in [1.165, 1.54) is 6.92 Å². The highest BCUT2D eigenvalue weighted by Gasteiger charge is 2.20. The van der Waals surface area contributed by atoms with E-state index in [1.54, 1.807) is 0 Å². The zero-order valence-corrected chi connectivity index (χ0v) is 9.87. The molecule has 0 saturated carbocycles. The Labute approximate surface area is 101 Å². The van der Waals surface area contributed by atoms with E-state index < -0.39 is 18.0 Å². The molecule has 0 aliphatic heterocycles. The molecule has 1 aromatic rings. The first-order chi connectivity index (χ1) is 8.11. The number of hydrogen-bond donors (Lipinski definition) is 2. The van der Waals surface area contributed by atoms with Crippen molar-refractivity contribution in [3.63, 3.8) is 0 Å². The van der Waals surface area contributed by atoms with Gasteiger partial charge in [-0.2, -0.15) is 0 Å². The van der Waals surface area contributed by atoms with Gasteiger partial charge in [0.15, 0.2) is 0 Å². The fourth-order valence-corrected chi connectivity index (χ4v) is 1.38. The predicted molar refractivity (Wildman–Crippen MR) is 63.5 cm³/mol. The van der Waals surface area contributed by atoms with Crippen LogP contribution in [-0.4, -0.2) is 28.9 Å². The first-order valence-electron chi connectivity index (χ1n) is 5.64. The Morgan fingerprint density at radius 3 is 2.59 bits per heavy atom. The second kappa shape index (κ2) is 7.04. The summed E-state index contributed by atoms with van der Waals surface area (Å²) in [7, 11) is 0. The molecule has 1 aromatic carbocycles. The van der Waals surface area contributed by atoms with Gasteiger partial charge >= 0.3 is 5.97 Å². The van der Waals surface area contributed by atoms with Crippen molar-refractivity contribution in [2.24, 2.45) is 5.92 Å². The van der Waals surface area contributed by atoms with Gasteiger partial charge in [-0.05, 0) is 18.9 Å². The van der Waals surface area contributed by atoms with Gasteiger partial charge in [-0.3, -0.25) is 4.79 Å². The molecular weight excluding hydrogens is 220 g/mol. The fraction of sp³-hybridized carbons (Fsp3) is 0.462. The molecule has 0 amide bonds. The average molecular weight is 238 g/mol. The molecule has 4 heteroatoms. The molecule has 2 atom stereocenters. The Morgan fingerprint density at radius 1 is 1.35 bits per heavy atom. The second-order valence-corrected chi connectivity index (χ2v) is 4.02. The van der Waals surface area contributed by atoms with E-state index in [4.69, 9.17) is 9.84 Å². The summed E-state index contributed by atoms with van der Waals surface area (Å²) in [5, 5.41) is 18.2. The number of aliphatic hydroxyl groups is 1. The van der Waals surface area contributed by atoms with E-state index in [1.807, 2.05) is 30.3 Å². The zero-order valence-electron chi connectivity index (χ0n) is 9.87. The Bertz CT molecular complexity index is 337. The third kappa shape index (κ3) is 4.97. The van der Waals surface area contributed by atoms with Crippen LogP contribution in [0.5, 0.6) is 0 Å². The summed E-state index contributed by atoms with van der Waals surface area (Å²) in [4.78, 5) is 10.6. The minimum Gasteiger partial charge on any atom is -0.481 e. The van der Waals surface area contributed by atoms with Crippen molar-refractivity contribution in [3.8, 4) is 0 Å². The maximum atomic E-state index is 10.6. The Morgan fingerprint density at radius 2 is 2.00 bits per heavy atom. The normalized spacial score (nSPS) is 14.2. The molecule has 0 spiro atoms. The number of carbonyl (C=O) groups is 1. The van der Waals surface area contributed by atoms with Crippen molar-refractivity contribution in [3.05, 3.63) is 35.9 Å². The third-order valence-electron chi connectivity index (χ3n) is 2.64. The molecule has 0 saturated heterocycles. The molecule has 0 aliphatic carbocycles. The smallest absolute Gasteiger partial charge is 0.308 e. The van der Waals surface area contributed by atoms with E-state index in [0.29, 0.717) is 19.6 Å². The van der Waals surface area contributed by atoms with Crippen LogP contribution in [0, 0.1) is 5.92 Å². The lowest BCUT2D eigenvalue weighted by Crippen LogP contribution is -2.26. The van der Waals surface area contributed by atoms with Crippen molar-refractivity contribution in [1.29, 1.82) is 0 Å². The summed E-state index contributed by atoms with van der Waals surface area (Å²) in [5.74, 6) is -1.74. The van der Waals surface area contributed by atoms with Crippen LogP contribution in [0.2, 0.25) is 0 Å². The largest absolute Gasteiger partial charge is 0.481 e. The Hall–Kier alpha value is -1.39. The molecule has 0 bridgehead atoms. The monoisotopic (exact) mass is 238 g/mol. The summed E-state index contributed by atoms with van der Waals surface area (Å²) in [5.41, 5.74) is 1.06. The molecule has 94 valence electrons. The molecule has 0 aromatic heterocycles. The van der Waals surface area contributed by atoms with Crippen LogP contribution in [0.3, 0.4) is 0 Å². The summed E-state index contributed by atoms with van der Waals surface area (Å²) >= 11 is 0. The molecule has 1 rings (SSSR count). The SMILES string of the molecule is C[C@@H](C(=O)O)[C@H](O)CCOCc1ccccc1. The van der Waals surface area contributed by atoms with Crippen LogP contribution in [0.4, 0.5) is 0 Å². The molecular formula is C13H18O4. The van der Waals surface area contributed by atoms with Gasteiger partial charge in [-0.25, -0.2) is 0 Å². The minimum absolute atomic E-state index is 0.334. The summed E-state index contributed by atoms with van der Waals surface area (Å²) in [6.07, 6.45) is -0.524. The zero-order chi connectivity index (χ0) is 12.7. The Balaban J connectivity index is 2.18. The van der Waals surface area contributed by atoms with Crippen LogP contribution in [0.1, 0.15) is 18.9 Å². The number of benzene rings is 1. The van der Waals surface area contributed by atoms with Gasteiger partial charge in [-0.15, -0.1) is 0 Å². The molecule has 0 fully saturated rings. The highest BCUT2D eigenvalue weighted by Crippen LogP contribution is 2.08. The molecule has 4 nitrogen and oxygen atoms in total. The third-order valence-corrected chi connectivity index (χ3v) is 2.64. The first-order valence-corrected chi connectivity index (χ1v) is 5.64. The number of hydrogen-bond acceptors (Lipinski definition) is 3. The number of carboxylic acids is 1. The van der Waals surface area contributed by atoms with E-state index in [2.05, 4.69) is 0 Å². The van der Waals surface area contributed by atoms with Crippen LogP contribution < -0.4 is 0 Å². The number of aliphatic carboxylic acids is 1. The number of aliphatic hydroxyl groups excluding tert-OH is 1. The average Bonchev–Trinajstić information content (AvgIpc) is 2.34. The van der Waals surface area contributed by atoms with E-state index in [-0.39, 0.29) is 0 Å². The van der Waals surface area contributed by atoms with Gasteiger partial charge < -0.3 is 14.9 Å². The van der Waals surface area contributed by atoms with E-state index >= 15 is 0 Å². The second-order valence-electron chi connectivity index (χ2n) is 4.02. The van der Waals surface area contributed by atoms with Gasteiger partial charge in [0.25, 0.3) is 0 Å². The van der Waals surface area contributed by atoms with Gasteiger partial charge in [0, 0.05) is 6.61 Å². The van der Waals surface area contributed by atoms with Crippen molar-refractivity contribution in [1.82, 2.24) is 0 Å². The molecule has 0 unspecified atom stereocenters. The van der Waals surface area contributed by atoms with Gasteiger partial charge in [0.05, 0.1) is 18.6 Å². The number of carboxylic acid groups (broad SMARTS) is 1. The van der Waals surface area contributed by atoms with Gasteiger partial charge in [-0.1, -0.05) is 30.3 Å². The minimum atomic E-state index is -0.986. The van der Waals surface area contributed by atoms with Crippen molar-refractivity contribution in [2.75, 3.05) is 6.61 Å². The first kappa shape index (κ1) is 13.7. The Kier molecular flexibility index (Phi) is 5.66. The quantitative estimate of drug-likeness (QED) is 0.709. The summed E-state index contributed by atoms with van der Waals surface area (Å²) < 4.78 is 5.37. The van der Waals surface area contributed by atoms with Crippen LogP contribution in [0.25, 0.3) is 0 Å². The van der Waals surface area contributed by atoms with Gasteiger partial charge in [0.1, 0.15) is 0 Å². The predicted octanol–water partition coefficient (Wildman–Crippen LogP) is 1.67. The lowest BCUT2D eigenvalue weighted by molar-refractivity contribution is -0.145. The van der Waals surface area contributed by atoms with Crippen molar-refractivity contribution in [2.45, 2.75) is 26.1 Å². The molecule has 2 N–H and O–H groups in total. The van der Waals surface area contributed by atoms with Crippen LogP contribution in [0.15, 0.2) is 30.3 Å². The highest BCUT2D eigenvalue weighted by atomic mass is 16.5. The van der Waals surface area contributed by atoms with E-state index in [9.17, 15) is 9.90 Å². The molecule has 17 heavy (non-hydrogen) atoms. The van der Waals surface area contributed by atoms with Gasteiger partial charge in [0.2, 0.25) is 0 Å².